The van der Waals surface area contributed by atoms with Crippen LogP contribution in [-0.2, 0) is 6.61 Å². The number of fused-ring (bicyclic) bond motifs is 1. The second kappa shape index (κ2) is 8.05. The van der Waals surface area contributed by atoms with Crippen LogP contribution in [0, 0.1) is 0 Å². The fraction of sp³-hybridized carbons (Fsp3) is 0.174. The van der Waals surface area contributed by atoms with E-state index in [1.165, 1.54) is 0 Å². The van der Waals surface area contributed by atoms with Crippen LogP contribution in [0.5, 0.6) is 17.2 Å². The predicted molar refractivity (Wildman–Crippen MR) is 106 cm³/mol. The molecule has 0 saturated carbocycles. The van der Waals surface area contributed by atoms with Crippen LogP contribution >= 0.6 is 0 Å². The number of carbonyl (C=O) groups is 1. The third kappa shape index (κ3) is 3.78. The molecule has 5 nitrogen and oxygen atoms in total. The molecule has 142 valence electrons. The molecule has 0 bridgehead atoms. The molecule has 0 radical (unpaired) electrons. The van der Waals surface area contributed by atoms with E-state index >= 15 is 0 Å². The summed E-state index contributed by atoms with van der Waals surface area (Å²) in [6.07, 6.45) is -0.579. The van der Waals surface area contributed by atoms with E-state index in [9.17, 15) is 4.79 Å². The van der Waals surface area contributed by atoms with Crippen molar-refractivity contribution in [2.45, 2.75) is 19.8 Å². The largest absolute Gasteiger partial charge is 0.490 e. The van der Waals surface area contributed by atoms with E-state index < -0.39 is 6.23 Å². The van der Waals surface area contributed by atoms with Gasteiger partial charge < -0.3 is 19.5 Å². The first-order valence-electron chi connectivity index (χ1n) is 9.24. The maximum absolute atomic E-state index is 12.4. The van der Waals surface area contributed by atoms with Gasteiger partial charge in [0.2, 0.25) is 0 Å². The highest BCUT2D eigenvalue weighted by Gasteiger charge is 2.27. The summed E-state index contributed by atoms with van der Waals surface area (Å²) in [5.74, 6) is 1.68. The van der Waals surface area contributed by atoms with Gasteiger partial charge >= 0.3 is 0 Å². The average Bonchev–Trinajstić information content (AvgIpc) is 2.74. The second-order valence-corrected chi connectivity index (χ2v) is 6.38. The number of nitrogens with one attached hydrogen (secondary N) is 1. The smallest absolute Gasteiger partial charge is 0.258 e. The van der Waals surface area contributed by atoms with Gasteiger partial charge in [0, 0.05) is 5.56 Å². The second-order valence-electron chi connectivity index (χ2n) is 6.38. The van der Waals surface area contributed by atoms with Gasteiger partial charge in [0.15, 0.2) is 17.7 Å². The Hall–Kier alpha value is -3.47. The maximum atomic E-state index is 12.4. The SMILES string of the molecule is CCOc1cc([C@@H]2NC(=O)c3ccccc3O2)ccc1OCc1ccccc1. The van der Waals surface area contributed by atoms with Crippen LogP contribution in [0.25, 0.3) is 0 Å². The summed E-state index contributed by atoms with van der Waals surface area (Å²) in [5, 5.41) is 2.88. The Morgan fingerprint density at radius 2 is 1.71 bits per heavy atom. The quantitative estimate of drug-likeness (QED) is 0.690. The number of para-hydroxylation sites is 1. The van der Waals surface area contributed by atoms with Crippen molar-refractivity contribution in [1.29, 1.82) is 0 Å². The molecule has 5 heteroatoms. The molecule has 4 rings (SSSR count). The fourth-order valence-corrected chi connectivity index (χ4v) is 3.07. The molecule has 0 fully saturated rings. The van der Waals surface area contributed by atoms with Gasteiger partial charge in [0.05, 0.1) is 12.2 Å². The van der Waals surface area contributed by atoms with Crippen molar-refractivity contribution < 1.29 is 19.0 Å². The summed E-state index contributed by atoms with van der Waals surface area (Å²) in [6.45, 7) is 2.87. The Balaban J connectivity index is 1.56. The molecule has 3 aromatic carbocycles. The van der Waals surface area contributed by atoms with Crippen molar-refractivity contribution in [1.82, 2.24) is 5.32 Å². The molecule has 1 N–H and O–H groups in total. The standard InChI is InChI=1S/C23H21NO4/c1-2-26-21-14-17(12-13-20(21)27-15-16-8-4-3-5-9-16)23-24-22(25)18-10-6-7-11-19(18)28-23/h3-14,23H,2,15H2,1H3,(H,24,25)/t23-/m1/s1. The minimum absolute atomic E-state index is 0.158. The molecule has 1 atom stereocenters. The lowest BCUT2D eigenvalue weighted by Crippen LogP contribution is -2.36. The minimum atomic E-state index is -0.579. The van der Waals surface area contributed by atoms with Crippen molar-refractivity contribution in [2.24, 2.45) is 0 Å². The molecule has 0 spiro atoms. The lowest BCUT2D eigenvalue weighted by Gasteiger charge is -2.27. The molecule has 28 heavy (non-hydrogen) atoms. The molecular weight excluding hydrogens is 354 g/mol. The fourth-order valence-electron chi connectivity index (χ4n) is 3.07. The van der Waals surface area contributed by atoms with E-state index in [0.717, 1.165) is 11.1 Å². The molecule has 1 heterocycles. The van der Waals surface area contributed by atoms with E-state index in [1.807, 2.05) is 67.6 Å². The number of hydrogen-bond acceptors (Lipinski definition) is 4. The summed E-state index contributed by atoms with van der Waals surface area (Å²) in [4.78, 5) is 12.4. The highest BCUT2D eigenvalue weighted by Crippen LogP contribution is 2.34. The number of amides is 1. The topological polar surface area (TPSA) is 56.8 Å². The van der Waals surface area contributed by atoms with Crippen molar-refractivity contribution in [3.05, 3.63) is 89.5 Å². The molecular formula is C23H21NO4. The zero-order valence-corrected chi connectivity index (χ0v) is 15.6. The van der Waals surface area contributed by atoms with Gasteiger partial charge in [0.25, 0.3) is 5.91 Å². The Kier molecular flexibility index (Phi) is 5.15. The Morgan fingerprint density at radius 3 is 2.54 bits per heavy atom. The van der Waals surface area contributed by atoms with Crippen LogP contribution in [-0.4, -0.2) is 12.5 Å². The zero-order valence-electron chi connectivity index (χ0n) is 15.6. The van der Waals surface area contributed by atoms with Gasteiger partial charge in [-0.25, -0.2) is 0 Å². The summed E-state index contributed by atoms with van der Waals surface area (Å²) >= 11 is 0. The summed E-state index contributed by atoms with van der Waals surface area (Å²) in [5.41, 5.74) is 2.40. The van der Waals surface area contributed by atoms with E-state index in [2.05, 4.69) is 5.32 Å². The Labute approximate surface area is 163 Å². The summed E-state index contributed by atoms with van der Waals surface area (Å²) in [7, 11) is 0. The third-order valence-electron chi connectivity index (χ3n) is 4.45. The van der Waals surface area contributed by atoms with Crippen molar-refractivity contribution in [2.75, 3.05) is 6.61 Å². The number of rotatable bonds is 6. The first-order chi connectivity index (χ1) is 13.7. The number of hydrogen-bond donors (Lipinski definition) is 1. The van der Waals surface area contributed by atoms with Crippen LogP contribution < -0.4 is 19.5 Å². The van der Waals surface area contributed by atoms with Crippen LogP contribution in [0.15, 0.2) is 72.8 Å². The monoisotopic (exact) mass is 375 g/mol. The average molecular weight is 375 g/mol. The third-order valence-corrected chi connectivity index (χ3v) is 4.45. The Morgan fingerprint density at radius 1 is 0.929 bits per heavy atom. The van der Waals surface area contributed by atoms with Crippen LogP contribution in [0.2, 0.25) is 0 Å². The van der Waals surface area contributed by atoms with Crippen molar-refractivity contribution in [3.8, 4) is 17.2 Å². The van der Waals surface area contributed by atoms with Crippen molar-refractivity contribution >= 4 is 5.91 Å². The maximum Gasteiger partial charge on any atom is 0.258 e. The van der Waals surface area contributed by atoms with Gasteiger partial charge in [0.1, 0.15) is 12.4 Å². The summed E-state index contributed by atoms with van der Waals surface area (Å²) < 4.78 is 17.7. The molecule has 0 unspecified atom stereocenters. The highest BCUT2D eigenvalue weighted by molar-refractivity contribution is 5.98. The molecule has 1 amide bonds. The van der Waals surface area contributed by atoms with Gasteiger partial charge in [-0.05, 0) is 42.8 Å². The number of ether oxygens (including phenoxy) is 3. The van der Waals surface area contributed by atoms with E-state index in [0.29, 0.717) is 36.0 Å². The minimum Gasteiger partial charge on any atom is -0.490 e. The van der Waals surface area contributed by atoms with E-state index in [-0.39, 0.29) is 5.91 Å². The number of benzene rings is 3. The Bertz CT molecular complexity index is 971. The lowest BCUT2D eigenvalue weighted by atomic mass is 10.1. The molecule has 0 saturated heterocycles. The molecule has 1 aliphatic heterocycles. The lowest BCUT2D eigenvalue weighted by molar-refractivity contribution is 0.0755. The zero-order chi connectivity index (χ0) is 19.3. The normalized spacial score (nSPS) is 15.2. The van der Waals surface area contributed by atoms with Gasteiger partial charge in [-0.1, -0.05) is 42.5 Å². The van der Waals surface area contributed by atoms with Crippen LogP contribution in [0.4, 0.5) is 0 Å². The van der Waals surface area contributed by atoms with Gasteiger partial charge in [-0.2, -0.15) is 0 Å². The van der Waals surface area contributed by atoms with Gasteiger partial charge in [-0.15, -0.1) is 0 Å². The first kappa shape index (κ1) is 17.9. The van der Waals surface area contributed by atoms with Crippen molar-refractivity contribution in [3.63, 3.8) is 0 Å². The number of carbonyl (C=O) groups excluding carboxylic acids is 1. The first-order valence-corrected chi connectivity index (χ1v) is 9.24. The molecule has 0 aromatic heterocycles. The van der Waals surface area contributed by atoms with E-state index in [1.54, 1.807) is 12.1 Å². The highest BCUT2D eigenvalue weighted by atomic mass is 16.5. The predicted octanol–water partition coefficient (Wildman–Crippen LogP) is 4.49. The molecule has 3 aromatic rings. The van der Waals surface area contributed by atoms with E-state index in [4.69, 9.17) is 14.2 Å². The van der Waals surface area contributed by atoms with Crippen LogP contribution in [0.1, 0.15) is 34.6 Å². The molecule has 0 aliphatic carbocycles. The van der Waals surface area contributed by atoms with Gasteiger partial charge in [-0.3, -0.25) is 4.79 Å². The molecule has 1 aliphatic rings. The summed E-state index contributed by atoms with van der Waals surface area (Å²) in [6, 6.07) is 22.7. The van der Waals surface area contributed by atoms with Crippen LogP contribution in [0.3, 0.4) is 0 Å².